The van der Waals surface area contributed by atoms with Gasteiger partial charge in [-0.1, -0.05) is 32.4 Å². The molecule has 0 spiro atoms. The molecule has 0 amide bonds. The molecule has 6 heteroatoms. The van der Waals surface area contributed by atoms with Crippen LogP contribution >= 0.6 is 11.6 Å². The molecule has 2 rings (SSSR count). The largest absolute Gasteiger partial charge is 0.462 e. The number of rotatable bonds is 2. The van der Waals surface area contributed by atoms with E-state index in [0.29, 0.717) is 23.0 Å². The molecule has 2 aromatic rings. The molecule has 0 aromatic carbocycles. The van der Waals surface area contributed by atoms with Gasteiger partial charge in [0.05, 0.1) is 18.5 Å². The Bertz CT molecular complexity index is 629. The Hall–Kier alpha value is -1.62. The molecule has 0 bridgehead atoms. The maximum Gasteiger partial charge on any atom is 0.343 e. The maximum absolute atomic E-state index is 11.8. The third-order valence-corrected chi connectivity index (χ3v) is 2.96. The lowest BCUT2D eigenvalue weighted by atomic mass is 9.92. The summed E-state index contributed by atoms with van der Waals surface area (Å²) in [5, 5.41) is 4.49. The lowest BCUT2D eigenvalue weighted by Crippen LogP contribution is -2.15. The number of fused-ring (bicyclic) bond motifs is 1. The van der Waals surface area contributed by atoms with Crippen molar-refractivity contribution >= 4 is 23.2 Å². The Kier molecular flexibility index (Phi) is 3.49. The molecule has 0 aliphatic carbocycles. The van der Waals surface area contributed by atoms with Crippen molar-refractivity contribution in [2.24, 2.45) is 0 Å². The summed E-state index contributed by atoms with van der Waals surface area (Å²) in [7, 11) is 0. The SMILES string of the molecule is CCOC(=O)c1cnn2c(Cl)cc(C(C)(C)C)nc12. The van der Waals surface area contributed by atoms with Crippen LogP contribution in [0.5, 0.6) is 0 Å². The van der Waals surface area contributed by atoms with Gasteiger partial charge in [-0.25, -0.2) is 14.3 Å². The van der Waals surface area contributed by atoms with Crippen LogP contribution in [-0.4, -0.2) is 27.2 Å². The van der Waals surface area contributed by atoms with E-state index in [1.54, 1.807) is 13.0 Å². The molecule has 0 unspecified atom stereocenters. The van der Waals surface area contributed by atoms with Gasteiger partial charge in [-0.15, -0.1) is 0 Å². The Labute approximate surface area is 116 Å². The van der Waals surface area contributed by atoms with E-state index in [9.17, 15) is 4.79 Å². The average Bonchev–Trinajstić information content (AvgIpc) is 2.72. The van der Waals surface area contributed by atoms with Gasteiger partial charge in [0.1, 0.15) is 10.7 Å². The van der Waals surface area contributed by atoms with Gasteiger partial charge in [0.15, 0.2) is 5.65 Å². The van der Waals surface area contributed by atoms with Crippen molar-refractivity contribution in [3.63, 3.8) is 0 Å². The Morgan fingerprint density at radius 3 is 2.74 bits per heavy atom. The van der Waals surface area contributed by atoms with Crippen molar-refractivity contribution in [1.82, 2.24) is 14.6 Å². The molecule has 0 fully saturated rings. The average molecular weight is 282 g/mol. The van der Waals surface area contributed by atoms with E-state index in [-0.39, 0.29) is 5.41 Å². The molecule has 0 N–H and O–H groups in total. The van der Waals surface area contributed by atoms with Crippen molar-refractivity contribution in [3.05, 3.63) is 28.7 Å². The van der Waals surface area contributed by atoms with Crippen LogP contribution in [0.15, 0.2) is 12.3 Å². The van der Waals surface area contributed by atoms with Gasteiger partial charge < -0.3 is 4.74 Å². The minimum atomic E-state index is -0.438. The Balaban J connectivity index is 2.63. The van der Waals surface area contributed by atoms with E-state index in [4.69, 9.17) is 16.3 Å². The van der Waals surface area contributed by atoms with E-state index in [0.717, 1.165) is 5.69 Å². The van der Waals surface area contributed by atoms with E-state index in [1.807, 2.05) is 20.8 Å². The number of nitrogens with zero attached hydrogens (tertiary/aromatic N) is 3. The van der Waals surface area contributed by atoms with Crippen molar-refractivity contribution in [2.45, 2.75) is 33.1 Å². The van der Waals surface area contributed by atoms with Crippen molar-refractivity contribution in [1.29, 1.82) is 0 Å². The molecular formula is C13H16ClN3O2. The van der Waals surface area contributed by atoms with Gasteiger partial charge in [-0.2, -0.15) is 5.10 Å². The van der Waals surface area contributed by atoms with Gasteiger partial charge in [-0.05, 0) is 13.0 Å². The van der Waals surface area contributed by atoms with E-state index >= 15 is 0 Å². The normalized spacial score (nSPS) is 11.8. The highest BCUT2D eigenvalue weighted by atomic mass is 35.5. The molecule has 102 valence electrons. The van der Waals surface area contributed by atoms with Crippen LogP contribution in [0, 0.1) is 0 Å². The zero-order chi connectivity index (χ0) is 14.2. The summed E-state index contributed by atoms with van der Waals surface area (Å²) < 4.78 is 6.42. The number of halogens is 1. The number of esters is 1. The summed E-state index contributed by atoms with van der Waals surface area (Å²) in [5.41, 5.74) is 1.39. The first-order valence-corrected chi connectivity index (χ1v) is 6.44. The quantitative estimate of drug-likeness (QED) is 0.627. The third kappa shape index (κ3) is 2.56. The number of carbonyl (C=O) groups is 1. The van der Waals surface area contributed by atoms with E-state index < -0.39 is 5.97 Å². The zero-order valence-corrected chi connectivity index (χ0v) is 12.2. The number of ether oxygens (including phenoxy) is 1. The molecule has 5 nitrogen and oxygen atoms in total. The van der Waals surface area contributed by atoms with Crippen LogP contribution in [0.3, 0.4) is 0 Å². The molecular weight excluding hydrogens is 266 g/mol. The molecule has 0 aliphatic rings. The molecule has 0 aliphatic heterocycles. The van der Waals surface area contributed by atoms with Crippen LogP contribution in [0.2, 0.25) is 5.15 Å². The number of hydrogen-bond donors (Lipinski definition) is 0. The highest BCUT2D eigenvalue weighted by Gasteiger charge is 2.22. The first kappa shape index (κ1) is 13.8. The van der Waals surface area contributed by atoms with Gasteiger partial charge in [-0.3, -0.25) is 0 Å². The first-order valence-electron chi connectivity index (χ1n) is 6.06. The molecule has 2 heterocycles. The topological polar surface area (TPSA) is 56.5 Å². The van der Waals surface area contributed by atoms with Gasteiger partial charge in [0.2, 0.25) is 0 Å². The lowest BCUT2D eigenvalue weighted by Gasteiger charge is -2.18. The minimum Gasteiger partial charge on any atom is -0.462 e. The fraction of sp³-hybridized carbons (Fsp3) is 0.462. The number of aromatic nitrogens is 3. The van der Waals surface area contributed by atoms with Gasteiger partial charge in [0.25, 0.3) is 0 Å². The number of carbonyl (C=O) groups excluding carboxylic acids is 1. The molecule has 0 saturated heterocycles. The van der Waals surface area contributed by atoms with Crippen LogP contribution in [0.1, 0.15) is 43.7 Å². The highest BCUT2D eigenvalue weighted by molar-refractivity contribution is 6.29. The predicted octanol–water partition coefficient (Wildman–Crippen LogP) is 2.86. The van der Waals surface area contributed by atoms with Crippen LogP contribution in [0.25, 0.3) is 5.65 Å². The smallest absolute Gasteiger partial charge is 0.343 e. The third-order valence-electron chi connectivity index (χ3n) is 2.69. The molecule has 0 saturated carbocycles. The highest BCUT2D eigenvalue weighted by Crippen LogP contribution is 2.25. The fourth-order valence-corrected chi connectivity index (χ4v) is 1.89. The second-order valence-electron chi connectivity index (χ2n) is 5.23. The first-order chi connectivity index (χ1) is 8.84. The number of hydrogen-bond acceptors (Lipinski definition) is 4. The van der Waals surface area contributed by atoms with Crippen LogP contribution in [0.4, 0.5) is 0 Å². The summed E-state index contributed by atoms with van der Waals surface area (Å²) in [4.78, 5) is 16.3. The van der Waals surface area contributed by atoms with Crippen molar-refractivity contribution in [2.75, 3.05) is 6.61 Å². The molecule has 2 aromatic heterocycles. The molecule has 0 atom stereocenters. The van der Waals surface area contributed by atoms with Gasteiger partial charge in [0, 0.05) is 5.41 Å². The maximum atomic E-state index is 11.8. The van der Waals surface area contributed by atoms with E-state index in [1.165, 1.54) is 10.7 Å². The molecule has 19 heavy (non-hydrogen) atoms. The minimum absolute atomic E-state index is 0.165. The van der Waals surface area contributed by atoms with Crippen LogP contribution < -0.4 is 0 Å². The van der Waals surface area contributed by atoms with Gasteiger partial charge >= 0.3 is 5.97 Å². The van der Waals surface area contributed by atoms with E-state index in [2.05, 4.69) is 10.1 Å². The van der Waals surface area contributed by atoms with Crippen molar-refractivity contribution in [3.8, 4) is 0 Å². The standard InChI is InChI=1S/C13H16ClN3O2/c1-5-19-12(18)8-7-15-17-10(14)6-9(13(2,3)4)16-11(8)17/h6-7H,5H2,1-4H3. The zero-order valence-electron chi connectivity index (χ0n) is 11.4. The second kappa shape index (κ2) is 4.81. The summed E-state index contributed by atoms with van der Waals surface area (Å²) in [6.45, 7) is 8.15. The fourth-order valence-electron chi connectivity index (χ4n) is 1.66. The van der Waals surface area contributed by atoms with Crippen LogP contribution in [-0.2, 0) is 10.2 Å². The summed E-state index contributed by atoms with van der Waals surface area (Å²) >= 11 is 6.17. The predicted molar refractivity (Wildman–Crippen MR) is 72.7 cm³/mol. The Morgan fingerprint density at radius 1 is 1.47 bits per heavy atom. The summed E-state index contributed by atoms with van der Waals surface area (Å²) in [5.74, 6) is -0.438. The Morgan fingerprint density at radius 2 is 2.16 bits per heavy atom. The monoisotopic (exact) mass is 281 g/mol. The molecule has 0 radical (unpaired) electrons. The van der Waals surface area contributed by atoms with Crippen molar-refractivity contribution < 1.29 is 9.53 Å². The lowest BCUT2D eigenvalue weighted by molar-refractivity contribution is 0.0528. The summed E-state index contributed by atoms with van der Waals surface area (Å²) in [6, 6.07) is 1.76. The summed E-state index contributed by atoms with van der Waals surface area (Å²) in [6.07, 6.45) is 1.43. The second-order valence-corrected chi connectivity index (χ2v) is 5.62.